The lowest BCUT2D eigenvalue weighted by Crippen LogP contribution is -2.23. The molecule has 0 aliphatic carbocycles. The third kappa shape index (κ3) is 3.91. The summed E-state index contributed by atoms with van der Waals surface area (Å²) in [7, 11) is 0. The molecule has 0 aliphatic rings. The molecular formula is C17H16N2O2. The van der Waals surface area contributed by atoms with E-state index >= 15 is 0 Å². The first-order valence-corrected chi connectivity index (χ1v) is 6.59. The number of carbonyl (C=O) groups excluding carboxylic acids is 1. The largest absolute Gasteiger partial charge is 0.384 e. The van der Waals surface area contributed by atoms with Crippen LogP contribution in [0.1, 0.15) is 27.0 Å². The summed E-state index contributed by atoms with van der Waals surface area (Å²) in [5.41, 5.74) is 3.15. The molecule has 0 saturated heterocycles. The van der Waals surface area contributed by atoms with Crippen LogP contribution in [-0.2, 0) is 6.54 Å². The summed E-state index contributed by atoms with van der Waals surface area (Å²) in [5, 5.41) is 11.6. The molecule has 0 saturated carbocycles. The second kappa shape index (κ2) is 7.22. The summed E-state index contributed by atoms with van der Waals surface area (Å²) >= 11 is 0. The zero-order valence-electron chi connectivity index (χ0n) is 11.8. The highest BCUT2D eigenvalue weighted by Gasteiger charge is 2.10. The second-order valence-corrected chi connectivity index (χ2v) is 4.48. The summed E-state index contributed by atoms with van der Waals surface area (Å²) in [6.07, 6.45) is 3.38. The monoisotopic (exact) mass is 280 g/mol. The van der Waals surface area contributed by atoms with Gasteiger partial charge in [-0.2, -0.15) is 0 Å². The molecule has 21 heavy (non-hydrogen) atoms. The highest BCUT2D eigenvalue weighted by Crippen LogP contribution is 2.13. The Hall–Kier alpha value is -2.64. The quantitative estimate of drug-likeness (QED) is 0.841. The standard InChI is InChI=1S/C17H16N2O2/c1-13-15(5-3-11-20)4-2-6-16(13)17(21)19-12-14-7-9-18-10-8-14/h2,4,6-10,20H,11-12H2,1H3,(H,19,21). The van der Waals surface area contributed by atoms with Gasteiger partial charge in [0.2, 0.25) is 0 Å². The van der Waals surface area contributed by atoms with Gasteiger partial charge < -0.3 is 10.4 Å². The van der Waals surface area contributed by atoms with Gasteiger partial charge in [-0.05, 0) is 42.3 Å². The van der Waals surface area contributed by atoms with Gasteiger partial charge in [0, 0.05) is 30.1 Å². The fourth-order valence-electron chi connectivity index (χ4n) is 1.93. The van der Waals surface area contributed by atoms with Gasteiger partial charge in [0.05, 0.1) is 0 Å². The van der Waals surface area contributed by atoms with Crippen molar-refractivity contribution < 1.29 is 9.90 Å². The van der Waals surface area contributed by atoms with Crippen LogP contribution in [0.15, 0.2) is 42.7 Å². The number of hydrogen-bond acceptors (Lipinski definition) is 3. The van der Waals surface area contributed by atoms with Gasteiger partial charge in [-0.1, -0.05) is 17.9 Å². The van der Waals surface area contributed by atoms with Crippen molar-refractivity contribution in [3.8, 4) is 11.8 Å². The summed E-state index contributed by atoms with van der Waals surface area (Å²) in [6.45, 7) is 2.11. The van der Waals surface area contributed by atoms with Crippen molar-refractivity contribution >= 4 is 5.91 Å². The Bertz CT molecular complexity index is 685. The molecule has 0 aliphatic heterocycles. The molecule has 4 heteroatoms. The van der Waals surface area contributed by atoms with E-state index in [4.69, 9.17) is 5.11 Å². The molecule has 1 amide bonds. The van der Waals surface area contributed by atoms with Gasteiger partial charge in [-0.3, -0.25) is 9.78 Å². The molecule has 1 heterocycles. The lowest BCUT2D eigenvalue weighted by atomic mass is 10.0. The van der Waals surface area contributed by atoms with Crippen LogP contribution in [-0.4, -0.2) is 22.6 Å². The predicted molar refractivity (Wildman–Crippen MR) is 80.6 cm³/mol. The molecule has 0 atom stereocenters. The minimum atomic E-state index is -0.197. The maximum atomic E-state index is 12.2. The number of nitrogens with zero attached hydrogens (tertiary/aromatic N) is 1. The molecule has 0 unspecified atom stereocenters. The Morgan fingerprint density at radius 3 is 2.76 bits per heavy atom. The van der Waals surface area contributed by atoms with E-state index < -0.39 is 0 Å². The van der Waals surface area contributed by atoms with Crippen LogP contribution in [0.3, 0.4) is 0 Å². The van der Waals surface area contributed by atoms with Crippen LogP contribution in [0.5, 0.6) is 0 Å². The van der Waals surface area contributed by atoms with Gasteiger partial charge in [0.25, 0.3) is 5.91 Å². The van der Waals surface area contributed by atoms with E-state index in [2.05, 4.69) is 22.1 Å². The van der Waals surface area contributed by atoms with Gasteiger partial charge in [-0.25, -0.2) is 0 Å². The van der Waals surface area contributed by atoms with Crippen LogP contribution in [0, 0.1) is 18.8 Å². The van der Waals surface area contributed by atoms with E-state index in [0.717, 1.165) is 16.7 Å². The fraction of sp³-hybridized carbons (Fsp3) is 0.176. The van der Waals surface area contributed by atoms with Crippen LogP contribution < -0.4 is 5.32 Å². The second-order valence-electron chi connectivity index (χ2n) is 4.48. The number of pyridine rings is 1. The Balaban J connectivity index is 2.12. The average molecular weight is 280 g/mol. The van der Waals surface area contributed by atoms with E-state index in [0.29, 0.717) is 12.1 Å². The Morgan fingerprint density at radius 1 is 1.29 bits per heavy atom. The van der Waals surface area contributed by atoms with Gasteiger partial charge in [0.1, 0.15) is 6.61 Å². The summed E-state index contributed by atoms with van der Waals surface area (Å²) in [5.74, 6) is 5.30. The van der Waals surface area contributed by atoms with Crippen molar-refractivity contribution in [3.63, 3.8) is 0 Å². The van der Waals surface area contributed by atoms with E-state index in [1.165, 1.54) is 0 Å². The Kier molecular flexibility index (Phi) is 5.08. The van der Waals surface area contributed by atoms with E-state index in [9.17, 15) is 4.79 Å². The van der Waals surface area contributed by atoms with E-state index in [1.54, 1.807) is 24.5 Å². The van der Waals surface area contributed by atoms with E-state index in [-0.39, 0.29) is 12.5 Å². The summed E-state index contributed by atoms with van der Waals surface area (Å²) in [6, 6.07) is 9.10. The number of aliphatic hydroxyl groups excluding tert-OH is 1. The molecule has 0 radical (unpaired) electrons. The number of amides is 1. The van der Waals surface area contributed by atoms with Crippen molar-refractivity contribution in [1.82, 2.24) is 10.3 Å². The first-order valence-electron chi connectivity index (χ1n) is 6.59. The van der Waals surface area contributed by atoms with Crippen LogP contribution in [0.2, 0.25) is 0 Å². The van der Waals surface area contributed by atoms with Crippen molar-refractivity contribution in [1.29, 1.82) is 0 Å². The minimum absolute atomic E-state index is 0.142. The molecular weight excluding hydrogens is 264 g/mol. The average Bonchev–Trinajstić information content (AvgIpc) is 2.52. The third-order valence-electron chi connectivity index (χ3n) is 3.08. The molecule has 1 aromatic carbocycles. The zero-order valence-corrected chi connectivity index (χ0v) is 11.8. The number of aliphatic hydroxyl groups is 1. The molecule has 2 aromatic rings. The normalized spacial score (nSPS) is 9.62. The smallest absolute Gasteiger partial charge is 0.251 e. The van der Waals surface area contributed by atoms with Gasteiger partial charge in [0.15, 0.2) is 0 Å². The highest BCUT2D eigenvalue weighted by atomic mass is 16.2. The van der Waals surface area contributed by atoms with Crippen molar-refractivity contribution in [3.05, 3.63) is 65.0 Å². The molecule has 4 nitrogen and oxygen atoms in total. The fourth-order valence-corrected chi connectivity index (χ4v) is 1.93. The number of carbonyl (C=O) groups is 1. The third-order valence-corrected chi connectivity index (χ3v) is 3.08. The topological polar surface area (TPSA) is 62.2 Å². The van der Waals surface area contributed by atoms with E-state index in [1.807, 2.05) is 25.1 Å². The molecule has 0 fully saturated rings. The molecule has 1 aromatic heterocycles. The molecule has 0 bridgehead atoms. The van der Waals surface area contributed by atoms with Crippen molar-refractivity contribution in [2.45, 2.75) is 13.5 Å². The zero-order chi connectivity index (χ0) is 15.1. The van der Waals surface area contributed by atoms with Crippen molar-refractivity contribution in [2.24, 2.45) is 0 Å². The van der Waals surface area contributed by atoms with Crippen molar-refractivity contribution in [2.75, 3.05) is 6.61 Å². The molecule has 0 spiro atoms. The highest BCUT2D eigenvalue weighted by molar-refractivity contribution is 5.96. The maximum Gasteiger partial charge on any atom is 0.251 e. The minimum Gasteiger partial charge on any atom is -0.384 e. The lowest BCUT2D eigenvalue weighted by Gasteiger charge is -2.09. The number of nitrogens with one attached hydrogen (secondary N) is 1. The maximum absolute atomic E-state index is 12.2. The number of rotatable bonds is 3. The molecule has 2 rings (SSSR count). The lowest BCUT2D eigenvalue weighted by molar-refractivity contribution is 0.0950. The first kappa shape index (κ1) is 14.8. The number of hydrogen-bond donors (Lipinski definition) is 2. The van der Waals surface area contributed by atoms with Crippen LogP contribution in [0.4, 0.5) is 0 Å². The SMILES string of the molecule is Cc1c(C#CCO)cccc1C(=O)NCc1ccncc1. The Morgan fingerprint density at radius 2 is 2.05 bits per heavy atom. The number of aromatic nitrogens is 1. The molecule has 106 valence electrons. The summed E-state index contributed by atoms with van der Waals surface area (Å²) < 4.78 is 0. The summed E-state index contributed by atoms with van der Waals surface area (Å²) in [4.78, 5) is 16.2. The number of benzene rings is 1. The van der Waals surface area contributed by atoms with Crippen LogP contribution in [0.25, 0.3) is 0 Å². The van der Waals surface area contributed by atoms with Gasteiger partial charge >= 0.3 is 0 Å². The first-order chi connectivity index (χ1) is 10.2. The predicted octanol–water partition coefficient (Wildman–Crippen LogP) is 1.66. The molecule has 2 N–H and O–H groups in total. The van der Waals surface area contributed by atoms with Gasteiger partial charge in [-0.15, -0.1) is 0 Å². The van der Waals surface area contributed by atoms with Crippen LogP contribution >= 0.6 is 0 Å². The Labute approximate surface area is 123 Å².